The van der Waals surface area contributed by atoms with Gasteiger partial charge in [0.25, 0.3) is 0 Å². The second kappa shape index (κ2) is 8.34. The van der Waals surface area contributed by atoms with E-state index in [1.807, 2.05) is 52.2 Å². The van der Waals surface area contributed by atoms with E-state index in [-0.39, 0.29) is 24.0 Å². The van der Waals surface area contributed by atoms with Gasteiger partial charge >= 0.3 is 6.09 Å². The summed E-state index contributed by atoms with van der Waals surface area (Å²) in [5, 5.41) is 11.7. The van der Waals surface area contributed by atoms with Crippen molar-refractivity contribution in [2.75, 3.05) is 18.5 Å². The summed E-state index contributed by atoms with van der Waals surface area (Å²) in [5.41, 5.74) is 2.07. The average molecular weight is 467 g/mol. The van der Waals surface area contributed by atoms with Gasteiger partial charge in [-0.1, -0.05) is 0 Å². The quantitative estimate of drug-likeness (QED) is 0.597. The number of aromatic nitrogens is 4. The first-order valence-corrected chi connectivity index (χ1v) is 11.6. The van der Waals surface area contributed by atoms with Crippen LogP contribution in [-0.4, -0.2) is 61.1 Å². The standard InChI is InChI=1S/C24H30N6O4/c1-24(2,3)34-23(32)29-9-8-17(29)14-33-19-13-25-28(4)21(19)16-7-10-30-18(11-16)12-20(27-30)26-22(31)15-5-6-15/h7,10-13,15,17H,5-6,8-9,14H2,1-4H3,(H,26,27,31)/t17-/m0/s1. The van der Waals surface area contributed by atoms with Crippen molar-refractivity contribution in [2.45, 2.75) is 51.7 Å². The highest BCUT2D eigenvalue weighted by molar-refractivity contribution is 5.93. The third-order valence-electron chi connectivity index (χ3n) is 6.04. The van der Waals surface area contributed by atoms with Crippen molar-refractivity contribution >= 4 is 23.3 Å². The minimum absolute atomic E-state index is 0.0298. The van der Waals surface area contributed by atoms with Crippen LogP contribution in [-0.2, 0) is 16.6 Å². The van der Waals surface area contributed by atoms with Crippen LogP contribution < -0.4 is 10.1 Å². The molecule has 34 heavy (non-hydrogen) atoms. The largest absolute Gasteiger partial charge is 0.487 e. The molecule has 1 atom stereocenters. The highest BCUT2D eigenvalue weighted by Crippen LogP contribution is 2.33. The van der Waals surface area contributed by atoms with Gasteiger partial charge in [0.1, 0.15) is 17.9 Å². The summed E-state index contributed by atoms with van der Waals surface area (Å²) >= 11 is 0. The number of aryl methyl sites for hydroxylation is 1. The zero-order valence-corrected chi connectivity index (χ0v) is 19.9. The van der Waals surface area contributed by atoms with E-state index in [4.69, 9.17) is 9.47 Å². The number of nitrogens with one attached hydrogen (secondary N) is 1. The van der Waals surface area contributed by atoms with Gasteiger partial charge in [-0.3, -0.25) is 9.48 Å². The number of amides is 2. The molecule has 1 saturated heterocycles. The van der Waals surface area contributed by atoms with Crippen molar-refractivity contribution in [1.29, 1.82) is 0 Å². The van der Waals surface area contributed by atoms with Gasteiger partial charge in [0, 0.05) is 37.3 Å². The molecule has 0 unspecified atom stereocenters. The normalized spacial score (nSPS) is 18.0. The summed E-state index contributed by atoms with van der Waals surface area (Å²) in [7, 11) is 1.86. The van der Waals surface area contributed by atoms with Gasteiger partial charge in [-0.25, -0.2) is 9.31 Å². The lowest BCUT2D eigenvalue weighted by atomic mass is 10.1. The number of carbonyl (C=O) groups excluding carboxylic acids is 2. The number of anilines is 1. The Balaban J connectivity index is 1.29. The first kappa shape index (κ1) is 22.2. The van der Waals surface area contributed by atoms with Gasteiger partial charge in [0.2, 0.25) is 5.91 Å². The maximum absolute atomic E-state index is 12.4. The Bertz CT molecular complexity index is 1240. The molecule has 0 spiro atoms. The van der Waals surface area contributed by atoms with Crippen LogP contribution in [0, 0.1) is 5.92 Å². The molecule has 2 aliphatic rings. The Morgan fingerprint density at radius 3 is 2.68 bits per heavy atom. The third kappa shape index (κ3) is 4.57. The van der Waals surface area contributed by atoms with Crippen molar-refractivity contribution in [1.82, 2.24) is 24.3 Å². The van der Waals surface area contributed by atoms with Crippen LogP contribution in [0.4, 0.5) is 10.6 Å². The summed E-state index contributed by atoms with van der Waals surface area (Å²) in [5.74, 6) is 1.34. The van der Waals surface area contributed by atoms with E-state index in [0.717, 1.165) is 36.0 Å². The molecule has 3 aromatic rings. The number of carbonyl (C=O) groups is 2. The molecule has 0 aromatic carbocycles. The molecule has 0 radical (unpaired) electrons. The molecule has 10 nitrogen and oxygen atoms in total. The van der Waals surface area contributed by atoms with Crippen LogP contribution in [0.3, 0.4) is 0 Å². The predicted octanol–water partition coefficient (Wildman–Crippen LogP) is 3.47. The van der Waals surface area contributed by atoms with E-state index in [9.17, 15) is 9.59 Å². The molecule has 4 heterocycles. The molecule has 3 aromatic heterocycles. The number of ether oxygens (including phenoxy) is 2. The molecule has 2 amide bonds. The van der Waals surface area contributed by atoms with E-state index >= 15 is 0 Å². The van der Waals surface area contributed by atoms with Crippen molar-refractivity contribution in [2.24, 2.45) is 13.0 Å². The molecular weight excluding hydrogens is 436 g/mol. The number of fused-ring (bicyclic) bond motifs is 1. The minimum atomic E-state index is -0.526. The van der Waals surface area contributed by atoms with Crippen molar-refractivity contribution in [3.63, 3.8) is 0 Å². The van der Waals surface area contributed by atoms with E-state index in [0.29, 0.717) is 24.7 Å². The monoisotopic (exact) mass is 466 g/mol. The maximum Gasteiger partial charge on any atom is 0.410 e. The van der Waals surface area contributed by atoms with Gasteiger partial charge in [-0.2, -0.15) is 10.2 Å². The second-order valence-electron chi connectivity index (χ2n) is 9.99. The van der Waals surface area contributed by atoms with E-state index in [1.54, 1.807) is 20.3 Å². The molecule has 1 N–H and O–H groups in total. The summed E-state index contributed by atoms with van der Waals surface area (Å²) in [6, 6.07) is 5.75. The summed E-state index contributed by atoms with van der Waals surface area (Å²) < 4.78 is 15.1. The molecular formula is C24H30N6O4. The Hall–Kier alpha value is -3.56. The van der Waals surface area contributed by atoms with Gasteiger partial charge in [-0.05, 0) is 52.2 Å². The first-order valence-electron chi connectivity index (χ1n) is 11.6. The van der Waals surface area contributed by atoms with Crippen LogP contribution >= 0.6 is 0 Å². The third-order valence-corrected chi connectivity index (χ3v) is 6.04. The zero-order chi connectivity index (χ0) is 24.0. The van der Waals surface area contributed by atoms with E-state index in [1.165, 1.54) is 0 Å². The SMILES string of the molecule is Cn1ncc(OC[C@@H]2CCN2C(=O)OC(C)(C)C)c1-c1ccn2nc(NC(=O)C3CC3)cc2c1. The number of pyridine rings is 1. The molecule has 1 saturated carbocycles. The second-order valence-corrected chi connectivity index (χ2v) is 9.99. The van der Waals surface area contributed by atoms with Crippen molar-refractivity contribution in [3.05, 3.63) is 30.6 Å². The molecule has 1 aliphatic carbocycles. The highest BCUT2D eigenvalue weighted by atomic mass is 16.6. The lowest BCUT2D eigenvalue weighted by molar-refractivity contribution is -0.117. The zero-order valence-electron chi connectivity index (χ0n) is 19.9. The highest BCUT2D eigenvalue weighted by Gasteiger charge is 2.36. The van der Waals surface area contributed by atoms with Gasteiger partial charge in [0.15, 0.2) is 11.6 Å². The van der Waals surface area contributed by atoms with Crippen LogP contribution in [0.15, 0.2) is 30.6 Å². The lowest BCUT2D eigenvalue weighted by Crippen LogP contribution is -2.55. The molecule has 10 heteroatoms. The molecule has 5 rings (SSSR count). The fourth-order valence-electron chi connectivity index (χ4n) is 3.99. The first-order chi connectivity index (χ1) is 16.2. The number of hydrogen-bond donors (Lipinski definition) is 1. The number of hydrogen-bond acceptors (Lipinski definition) is 6. The summed E-state index contributed by atoms with van der Waals surface area (Å²) in [6.45, 7) is 6.61. The van der Waals surface area contributed by atoms with Crippen LogP contribution in [0.1, 0.15) is 40.0 Å². The van der Waals surface area contributed by atoms with Crippen molar-refractivity contribution < 1.29 is 19.1 Å². The van der Waals surface area contributed by atoms with Gasteiger partial charge in [-0.15, -0.1) is 0 Å². The van der Waals surface area contributed by atoms with Gasteiger partial charge in [0.05, 0.1) is 17.8 Å². The van der Waals surface area contributed by atoms with Crippen LogP contribution in [0.5, 0.6) is 5.75 Å². The van der Waals surface area contributed by atoms with E-state index < -0.39 is 5.60 Å². The lowest BCUT2D eigenvalue weighted by Gasteiger charge is -2.40. The Kier molecular flexibility index (Phi) is 5.45. The Labute approximate surface area is 197 Å². The molecule has 0 bridgehead atoms. The summed E-state index contributed by atoms with van der Waals surface area (Å²) in [4.78, 5) is 26.2. The topological polar surface area (TPSA) is 103 Å². The fraction of sp³-hybridized carbons (Fsp3) is 0.500. The predicted molar refractivity (Wildman–Crippen MR) is 126 cm³/mol. The molecule has 180 valence electrons. The van der Waals surface area contributed by atoms with Crippen LogP contribution in [0.25, 0.3) is 16.8 Å². The van der Waals surface area contributed by atoms with E-state index in [2.05, 4.69) is 15.5 Å². The number of nitrogens with zero attached hydrogens (tertiary/aromatic N) is 5. The Morgan fingerprint density at radius 1 is 1.21 bits per heavy atom. The number of rotatable bonds is 6. The average Bonchev–Trinajstić information content (AvgIpc) is 3.41. The Morgan fingerprint density at radius 2 is 2.00 bits per heavy atom. The maximum atomic E-state index is 12.4. The summed E-state index contributed by atoms with van der Waals surface area (Å²) in [6.07, 6.45) is 5.99. The van der Waals surface area contributed by atoms with Gasteiger partial charge < -0.3 is 19.7 Å². The molecule has 1 aliphatic heterocycles. The van der Waals surface area contributed by atoms with Crippen LogP contribution in [0.2, 0.25) is 0 Å². The molecule has 2 fully saturated rings. The number of likely N-dealkylation sites (tertiary alicyclic amines) is 1. The smallest absolute Gasteiger partial charge is 0.410 e. The fourth-order valence-corrected chi connectivity index (χ4v) is 3.99. The van der Waals surface area contributed by atoms with Crippen molar-refractivity contribution in [3.8, 4) is 17.0 Å². The minimum Gasteiger partial charge on any atom is -0.487 e.